The monoisotopic (exact) mass is 334 g/mol. The molecule has 2 aromatic carbocycles. The third-order valence-electron chi connectivity index (χ3n) is 3.83. The average molecular weight is 335 g/mol. The fourth-order valence-electron chi connectivity index (χ4n) is 2.62. The first kappa shape index (κ1) is 15.2. The number of benzene rings is 2. The molecule has 2 aromatic rings. The predicted molar refractivity (Wildman–Crippen MR) is 91.0 cm³/mol. The van der Waals surface area contributed by atoms with E-state index < -0.39 is 0 Å². The Balaban J connectivity index is 1.64. The summed E-state index contributed by atoms with van der Waals surface area (Å²) >= 11 is 11.9. The zero-order valence-corrected chi connectivity index (χ0v) is 13.5. The van der Waals surface area contributed by atoms with Crippen molar-refractivity contribution in [3.8, 4) is 0 Å². The van der Waals surface area contributed by atoms with Crippen molar-refractivity contribution in [2.45, 2.75) is 0 Å². The maximum absolute atomic E-state index is 12.5. The second kappa shape index (κ2) is 6.59. The average Bonchev–Trinajstić information content (AvgIpc) is 2.55. The first-order valence-electron chi connectivity index (χ1n) is 7.19. The molecular formula is C17H16Cl2N2O. The molecule has 3 rings (SSSR count). The SMILES string of the molecule is O=C(c1ccc(Cl)cc1)N1CCN(c2cccc(Cl)c2)CC1. The zero-order chi connectivity index (χ0) is 15.5. The largest absolute Gasteiger partial charge is 0.368 e. The van der Waals surface area contributed by atoms with Crippen LogP contribution in [-0.4, -0.2) is 37.0 Å². The maximum atomic E-state index is 12.5. The van der Waals surface area contributed by atoms with Crippen LogP contribution in [0.15, 0.2) is 48.5 Å². The van der Waals surface area contributed by atoms with E-state index in [4.69, 9.17) is 23.2 Å². The van der Waals surface area contributed by atoms with Crippen LogP contribution in [0, 0.1) is 0 Å². The third kappa shape index (κ3) is 3.37. The van der Waals surface area contributed by atoms with Crippen LogP contribution in [0.5, 0.6) is 0 Å². The Morgan fingerprint density at radius 1 is 0.864 bits per heavy atom. The second-order valence-electron chi connectivity index (χ2n) is 5.27. The van der Waals surface area contributed by atoms with Gasteiger partial charge in [-0.05, 0) is 42.5 Å². The van der Waals surface area contributed by atoms with Crippen LogP contribution in [0.2, 0.25) is 10.0 Å². The van der Waals surface area contributed by atoms with Crippen LogP contribution >= 0.6 is 23.2 Å². The quantitative estimate of drug-likeness (QED) is 0.829. The van der Waals surface area contributed by atoms with Crippen molar-refractivity contribution < 1.29 is 4.79 Å². The van der Waals surface area contributed by atoms with E-state index in [1.165, 1.54) is 0 Å². The van der Waals surface area contributed by atoms with Gasteiger partial charge in [-0.2, -0.15) is 0 Å². The molecule has 0 radical (unpaired) electrons. The highest BCUT2D eigenvalue weighted by Crippen LogP contribution is 2.21. The Morgan fingerprint density at radius 3 is 2.18 bits per heavy atom. The van der Waals surface area contributed by atoms with Crippen molar-refractivity contribution in [3.05, 3.63) is 64.1 Å². The summed E-state index contributed by atoms with van der Waals surface area (Å²) < 4.78 is 0. The number of hydrogen-bond donors (Lipinski definition) is 0. The topological polar surface area (TPSA) is 23.6 Å². The molecule has 0 saturated carbocycles. The van der Waals surface area contributed by atoms with E-state index in [1.807, 2.05) is 29.2 Å². The molecule has 1 aliphatic rings. The Morgan fingerprint density at radius 2 is 1.55 bits per heavy atom. The Hall–Kier alpha value is -1.71. The Kier molecular flexibility index (Phi) is 4.55. The van der Waals surface area contributed by atoms with Gasteiger partial charge < -0.3 is 9.80 Å². The molecule has 5 heteroatoms. The summed E-state index contributed by atoms with van der Waals surface area (Å²) in [6.07, 6.45) is 0. The molecule has 1 fully saturated rings. The lowest BCUT2D eigenvalue weighted by Crippen LogP contribution is -2.48. The lowest BCUT2D eigenvalue weighted by atomic mass is 10.1. The van der Waals surface area contributed by atoms with Crippen LogP contribution in [-0.2, 0) is 0 Å². The number of rotatable bonds is 2. The van der Waals surface area contributed by atoms with Gasteiger partial charge in [-0.3, -0.25) is 4.79 Å². The molecule has 1 heterocycles. The summed E-state index contributed by atoms with van der Waals surface area (Å²) in [6, 6.07) is 14.9. The number of nitrogens with zero attached hydrogens (tertiary/aromatic N) is 2. The normalized spacial score (nSPS) is 15.0. The molecule has 1 aliphatic heterocycles. The van der Waals surface area contributed by atoms with Crippen LogP contribution in [0.25, 0.3) is 0 Å². The smallest absolute Gasteiger partial charge is 0.253 e. The number of hydrogen-bond acceptors (Lipinski definition) is 2. The molecule has 0 aliphatic carbocycles. The number of carbonyl (C=O) groups is 1. The van der Waals surface area contributed by atoms with E-state index in [-0.39, 0.29) is 5.91 Å². The predicted octanol–water partition coefficient (Wildman–Crippen LogP) is 3.96. The highest BCUT2D eigenvalue weighted by atomic mass is 35.5. The summed E-state index contributed by atoms with van der Waals surface area (Å²) in [5, 5.41) is 1.37. The van der Waals surface area contributed by atoms with Gasteiger partial charge in [0.15, 0.2) is 0 Å². The minimum absolute atomic E-state index is 0.0578. The highest BCUT2D eigenvalue weighted by Gasteiger charge is 2.22. The van der Waals surface area contributed by atoms with Crippen LogP contribution in [0.3, 0.4) is 0 Å². The van der Waals surface area contributed by atoms with Crippen LogP contribution < -0.4 is 4.90 Å². The van der Waals surface area contributed by atoms with Crippen LogP contribution in [0.1, 0.15) is 10.4 Å². The van der Waals surface area contributed by atoms with Crippen molar-refractivity contribution in [1.82, 2.24) is 4.90 Å². The van der Waals surface area contributed by atoms with E-state index in [1.54, 1.807) is 24.3 Å². The number of halogens is 2. The van der Waals surface area contributed by atoms with Crippen LogP contribution in [0.4, 0.5) is 5.69 Å². The minimum Gasteiger partial charge on any atom is -0.368 e. The van der Waals surface area contributed by atoms with Crippen molar-refractivity contribution in [3.63, 3.8) is 0 Å². The number of anilines is 1. The van der Waals surface area contributed by atoms with Gasteiger partial charge in [-0.1, -0.05) is 29.3 Å². The van der Waals surface area contributed by atoms with Crippen molar-refractivity contribution in [2.75, 3.05) is 31.1 Å². The lowest BCUT2D eigenvalue weighted by Gasteiger charge is -2.36. The first-order valence-corrected chi connectivity index (χ1v) is 7.94. The third-order valence-corrected chi connectivity index (χ3v) is 4.32. The lowest BCUT2D eigenvalue weighted by molar-refractivity contribution is 0.0747. The summed E-state index contributed by atoms with van der Waals surface area (Å²) in [5.41, 5.74) is 1.78. The van der Waals surface area contributed by atoms with E-state index >= 15 is 0 Å². The Bertz CT molecular complexity index is 665. The number of carbonyl (C=O) groups excluding carboxylic acids is 1. The number of amides is 1. The van der Waals surface area contributed by atoms with Gasteiger partial charge in [-0.15, -0.1) is 0 Å². The highest BCUT2D eigenvalue weighted by molar-refractivity contribution is 6.31. The zero-order valence-electron chi connectivity index (χ0n) is 12.0. The molecule has 114 valence electrons. The fraction of sp³-hybridized carbons (Fsp3) is 0.235. The summed E-state index contributed by atoms with van der Waals surface area (Å²) in [4.78, 5) is 16.6. The number of piperazine rings is 1. The molecule has 0 spiro atoms. The van der Waals surface area contributed by atoms with Gasteiger partial charge in [0.25, 0.3) is 5.91 Å². The minimum atomic E-state index is 0.0578. The first-order chi connectivity index (χ1) is 10.6. The Labute approximate surface area is 140 Å². The molecule has 0 N–H and O–H groups in total. The van der Waals surface area contributed by atoms with E-state index in [0.717, 1.165) is 23.8 Å². The molecule has 0 bridgehead atoms. The molecule has 1 amide bonds. The van der Waals surface area contributed by atoms with E-state index in [2.05, 4.69) is 4.90 Å². The molecule has 0 atom stereocenters. The standard InChI is InChI=1S/C17H16Cl2N2O/c18-14-6-4-13(5-7-14)17(22)21-10-8-20(9-11-21)16-3-1-2-15(19)12-16/h1-7,12H,8-11H2. The van der Waals surface area contributed by atoms with E-state index in [9.17, 15) is 4.79 Å². The molecule has 0 aromatic heterocycles. The van der Waals surface area contributed by atoms with Crippen molar-refractivity contribution >= 4 is 34.8 Å². The van der Waals surface area contributed by atoms with Gasteiger partial charge in [0, 0.05) is 47.5 Å². The van der Waals surface area contributed by atoms with Gasteiger partial charge >= 0.3 is 0 Å². The summed E-state index contributed by atoms with van der Waals surface area (Å²) in [5.74, 6) is 0.0578. The van der Waals surface area contributed by atoms with Crippen molar-refractivity contribution in [2.24, 2.45) is 0 Å². The molecule has 3 nitrogen and oxygen atoms in total. The fourth-order valence-corrected chi connectivity index (χ4v) is 2.93. The maximum Gasteiger partial charge on any atom is 0.253 e. The van der Waals surface area contributed by atoms with Gasteiger partial charge in [0.2, 0.25) is 0 Å². The molecule has 22 heavy (non-hydrogen) atoms. The van der Waals surface area contributed by atoms with E-state index in [0.29, 0.717) is 23.7 Å². The van der Waals surface area contributed by atoms with Gasteiger partial charge in [0.1, 0.15) is 0 Å². The molecular weight excluding hydrogens is 319 g/mol. The van der Waals surface area contributed by atoms with Crippen molar-refractivity contribution in [1.29, 1.82) is 0 Å². The summed E-state index contributed by atoms with van der Waals surface area (Å²) in [6.45, 7) is 3.02. The molecule has 1 saturated heterocycles. The molecule has 0 unspecified atom stereocenters. The van der Waals surface area contributed by atoms with Gasteiger partial charge in [-0.25, -0.2) is 0 Å². The van der Waals surface area contributed by atoms with Gasteiger partial charge in [0.05, 0.1) is 0 Å². The second-order valence-corrected chi connectivity index (χ2v) is 6.14. The summed E-state index contributed by atoms with van der Waals surface area (Å²) in [7, 11) is 0.